The zero-order valence-electron chi connectivity index (χ0n) is 10.9. The van der Waals surface area contributed by atoms with Gasteiger partial charge in [0.2, 0.25) is 10.0 Å². The molecule has 2 rings (SSSR count). The molecule has 0 spiro atoms. The summed E-state index contributed by atoms with van der Waals surface area (Å²) in [5.41, 5.74) is 5.16. The summed E-state index contributed by atoms with van der Waals surface area (Å²) in [5, 5.41) is 13.0. The fourth-order valence-corrected chi connectivity index (χ4v) is 3.73. The van der Waals surface area contributed by atoms with E-state index < -0.39 is 21.0 Å². The van der Waals surface area contributed by atoms with Gasteiger partial charge >= 0.3 is 0 Å². The molecule has 0 aliphatic rings. The third kappa shape index (κ3) is 3.35. The van der Waals surface area contributed by atoms with Gasteiger partial charge in [0.15, 0.2) is 0 Å². The molecular weight excluding hydrogens is 316 g/mol. The average molecular weight is 328 g/mol. The maximum Gasteiger partial charge on any atom is 0.271 e. The monoisotopic (exact) mass is 328 g/mol. The smallest absolute Gasteiger partial charge is 0.271 e. The van der Waals surface area contributed by atoms with Gasteiger partial charge in [-0.15, -0.1) is 11.3 Å². The Kier molecular flexibility index (Phi) is 4.21. The lowest BCUT2D eigenvalue weighted by atomic mass is 10.3. The second-order valence-corrected chi connectivity index (χ2v) is 6.80. The van der Waals surface area contributed by atoms with Crippen LogP contribution >= 0.6 is 11.3 Å². The number of hydrogen-bond donors (Lipinski definition) is 2. The maximum atomic E-state index is 12.3. The molecular formula is C11H12N4O4S2. The zero-order chi connectivity index (χ0) is 15.6. The molecule has 0 radical (unpaired) electrons. The maximum absolute atomic E-state index is 12.3. The highest BCUT2D eigenvalue weighted by Crippen LogP contribution is 2.25. The van der Waals surface area contributed by atoms with Crippen molar-refractivity contribution in [3.63, 3.8) is 0 Å². The van der Waals surface area contributed by atoms with E-state index in [0.29, 0.717) is 5.01 Å². The number of nitro groups is 1. The highest BCUT2D eigenvalue weighted by atomic mass is 32.2. The van der Waals surface area contributed by atoms with Crippen LogP contribution in [0.1, 0.15) is 18.0 Å². The number of non-ortho nitro benzene ring substituents is 1. The van der Waals surface area contributed by atoms with Crippen molar-refractivity contribution in [2.24, 2.45) is 0 Å². The molecule has 0 fully saturated rings. The Labute approximate surface area is 124 Å². The number of nitrogen functional groups attached to an aromatic ring is 1. The van der Waals surface area contributed by atoms with Gasteiger partial charge in [-0.05, 0) is 13.0 Å². The molecule has 0 saturated heterocycles. The summed E-state index contributed by atoms with van der Waals surface area (Å²) in [6.07, 6.45) is 1.57. The number of sulfonamides is 1. The molecule has 0 aliphatic heterocycles. The van der Waals surface area contributed by atoms with Crippen molar-refractivity contribution in [2.45, 2.75) is 17.9 Å². The molecule has 1 aromatic heterocycles. The number of nitrogens with zero attached hydrogens (tertiary/aromatic N) is 2. The summed E-state index contributed by atoms with van der Waals surface area (Å²) < 4.78 is 26.9. The van der Waals surface area contributed by atoms with Crippen molar-refractivity contribution in [3.8, 4) is 0 Å². The van der Waals surface area contributed by atoms with Gasteiger partial charge in [-0.3, -0.25) is 10.1 Å². The Morgan fingerprint density at radius 3 is 2.71 bits per heavy atom. The number of aromatic nitrogens is 1. The first-order valence-corrected chi connectivity index (χ1v) is 8.13. The number of rotatable bonds is 5. The average Bonchev–Trinajstić information content (AvgIpc) is 2.91. The van der Waals surface area contributed by atoms with Crippen LogP contribution in [0.4, 0.5) is 11.4 Å². The van der Waals surface area contributed by atoms with Gasteiger partial charge in [0.1, 0.15) is 9.90 Å². The number of nitrogens with two attached hydrogens (primary N) is 1. The lowest BCUT2D eigenvalue weighted by Crippen LogP contribution is -2.27. The Balaban J connectivity index is 2.29. The fraction of sp³-hybridized carbons (Fsp3) is 0.182. The standard InChI is InChI=1S/C11H12N4O4S2/c1-7(11-13-4-5-20-11)14-21(18,19)10-3-2-8(15(16)17)6-9(10)12/h2-7,14H,12H2,1H3. The predicted octanol–water partition coefficient (Wildman–Crippen LogP) is 1.67. The largest absolute Gasteiger partial charge is 0.397 e. The van der Waals surface area contributed by atoms with Gasteiger partial charge in [-0.25, -0.2) is 18.1 Å². The Morgan fingerprint density at radius 1 is 1.48 bits per heavy atom. The van der Waals surface area contributed by atoms with E-state index in [9.17, 15) is 18.5 Å². The summed E-state index contributed by atoms with van der Waals surface area (Å²) in [7, 11) is -3.89. The lowest BCUT2D eigenvalue weighted by molar-refractivity contribution is -0.384. The van der Waals surface area contributed by atoms with Gasteiger partial charge in [-0.2, -0.15) is 0 Å². The van der Waals surface area contributed by atoms with Crippen molar-refractivity contribution in [2.75, 3.05) is 5.73 Å². The summed E-state index contributed by atoms with van der Waals surface area (Å²) in [6.45, 7) is 1.65. The summed E-state index contributed by atoms with van der Waals surface area (Å²) in [4.78, 5) is 13.8. The highest BCUT2D eigenvalue weighted by Gasteiger charge is 2.23. The van der Waals surface area contributed by atoms with Crippen LogP contribution in [0, 0.1) is 10.1 Å². The number of thiazole rings is 1. The Hall–Kier alpha value is -2.04. The summed E-state index contributed by atoms with van der Waals surface area (Å²) in [6, 6.07) is 2.70. The van der Waals surface area contributed by atoms with Gasteiger partial charge in [0.25, 0.3) is 5.69 Å². The van der Waals surface area contributed by atoms with Crippen molar-refractivity contribution < 1.29 is 13.3 Å². The first-order valence-electron chi connectivity index (χ1n) is 5.77. The molecule has 2 aromatic rings. The number of anilines is 1. The van der Waals surface area contributed by atoms with E-state index in [0.717, 1.165) is 18.2 Å². The molecule has 1 heterocycles. The number of nitro benzene ring substituents is 1. The molecule has 0 aliphatic carbocycles. The van der Waals surface area contributed by atoms with Gasteiger partial charge in [0.05, 0.1) is 16.7 Å². The minimum absolute atomic E-state index is 0.178. The molecule has 1 unspecified atom stereocenters. The Morgan fingerprint density at radius 2 is 2.19 bits per heavy atom. The van der Waals surface area contributed by atoms with Crippen LogP contribution in [0.5, 0.6) is 0 Å². The first kappa shape index (κ1) is 15.4. The lowest BCUT2D eigenvalue weighted by Gasteiger charge is -2.13. The number of nitrogens with one attached hydrogen (secondary N) is 1. The summed E-state index contributed by atoms with van der Waals surface area (Å²) in [5.74, 6) is 0. The van der Waals surface area contributed by atoms with Crippen LogP contribution in [0.2, 0.25) is 0 Å². The van der Waals surface area contributed by atoms with Crippen LogP contribution in [0.15, 0.2) is 34.7 Å². The molecule has 1 aromatic carbocycles. The van der Waals surface area contributed by atoms with E-state index in [4.69, 9.17) is 5.73 Å². The van der Waals surface area contributed by atoms with Crippen molar-refractivity contribution in [3.05, 3.63) is 44.9 Å². The van der Waals surface area contributed by atoms with Crippen LogP contribution in [0.3, 0.4) is 0 Å². The van der Waals surface area contributed by atoms with Crippen LogP contribution in [-0.4, -0.2) is 18.3 Å². The van der Waals surface area contributed by atoms with Crippen molar-refractivity contribution in [1.82, 2.24) is 9.71 Å². The third-order valence-electron chi connectivity index (χ3n) is 2.65. The highest BCUT2D eigenvalue weighted by molar-refractivity contribution is 7.89. The van der Waals surface area contributed by atoms with Crippen molar-refractivity contribution in [1.29, 1.82) is 0 Å². The molecule has 21 heavy (non-hydrogen) atoms. The van der Waals surface area contributed by atoms with E-state index in [-0.39, 0.29) is 16.3 Å². The van der Waals surface area contributed by atoms with E-state index in [1.54, 1.807) is 18.5 Å². The van der Waals surface area contributed by atoms with E-state index in [1.807, 2.05) is 0 Å². The quantitative estimate of drug-likeness (QED) is 0.488. The van der Waals surface area contributed by atoms with Gasteiger partial charge in [-0.1, -0.05) is 0 Å². The van der Waals surface area contributed by atoms with Crippen LogP contribution in [-0.2, 0) is 10.0 Å². The molecule has 10 heteroatoms. The predicted molar refractivity (Wildman–Crippen MR) is 78.4 cm³/mol. The van der Waals surface area contributed by atoms with E-state index in [2.05, 4.69) is 9.71 Å². The molecule has 1 atom stereocenters. The van der Waals surface area contributed by atoms with E-state index >= 15 is 0 Å². The zero-order valence-corrected chi connectivity index (χ0v) is 12.5. The fourth-order valence-electron chi connectivity index (χ4n) is 1.69. The Bertz CT molecular complexity index is 759. The van der Waals surface area contributed by atoms with E-state index in [1.165, 1.54) is 11.3 Å². The number of hydrogen-bond acceptors (Lipinski definition) is 7. The summed E-state index contributed by atoms with van der Waals surface area (Å²) >= 11 is 1.32. The molecule has 3 N–H and O–H groups in total. The van der Waals surface area contributed by atoms with Gasteiger partial charge in [0, 0.05) is 23.7 Å². The topological polar surface area (TPSA) is 128 Å². The third-order valence-corrected chi connectivity index (χ3v) is 5.22. The van der Waals surface area contributed by atoms with Crippen LogP contribution in [0.25, 0.3) is 0 Å². The molecule has 112 valence electrons. The normalized spacial score (nSPS) is 13.0. The SMILES string of the molecule is CC(NS(=O)(=O)c1ccc([N+](=O)[O-])cc1N)c1nccs1. The first-order chi connectivity index (χ1) is 9.81. The number of benzene rings is 1. The van der Waals surface area contributed by atoms with Crippen LogP contribution < -0.4 is 10.5 Å². The molecule has 0 bridgehead atoms. The molecule has 0 amide bonds. The van der Waals surface area contributed by atoms with Gasteiger partial charge < -0.3 is 5.73 Å². The second-order valence-electron chi connectivity index (χ2n) is 4.19. The molecule has 0 saturated carbocycles. The second kappa shape index (κ2) is 5.76. The minimum Gasteiger partial charge on any atom is -0.397 e. The van der Waals surface area contributed by atoms with Crippen molar-refractivity contribution >= 4 is 32.7 Å². The minimum atomic E-state index is -3.89. The molecule has 8 nitrogen and oxygen atoms in total.